The molecule has 0 radical (unpaired) electrons. The van der Waals surface area contributed by atoms with Crippen LogP contribution in [0, 0.1) is 0 Å². The van der Waals surface area contributed by atoms with Gasteiger partial charge in [-0.25, -0.2) is 4.79 Å². The smallest absolute Gasteiger partial charge is 0.329 e. The highest BCUT2D eigenvalue weighted by Gasteiger charge is 2.34. The molecule has 4 nitrogen and oxygen atoms in total. The number of nitrogens with one attached hydrogen (secondary N) is 1. The maximum atomic E-state index is 12.1. The molecule has 100 valence electrons. The van der Waals surface area contributed by atoms with Gasteiger partial charge in [-0.2, -0.15) is 0 Å². The van der Waals surface area contributed by atoms with Crippen molar-refractivity contribution >= 4 is 23.2 Å². The fourth-order valence-electron chi connectivity index (χ4n) is 1.84. The minimum absolute atomic E-state index is 0.291. The van der Waals surface area contributed by atoms with Crippen LogP contribution in [0.25, 0.3) is 0 Å². The van der Waals surface area contributed by atoms with Crippen LogP contribution >= 0.6 is 11.3 Å². The first-order valence-corrected chi connectivity index (χ1v) is 6.94. The van der Waals surface area contributed by atoms with Crippen molar-refractivity contribution < 1.29 is 14.7 Å². The zero-order chi connectivity index (χ0) is 13.8. The van der Waals surface area contributed by atoms with Crippen molar-refractivity contribution in [2.24, 2.45) is 0 Å². The van der Waals surface area contributed by atoms with Gasteiger partial charge >= 0.3 is 5.97 Å². The van der Waals surface area contributed by atoms with E-state index in [1.54, 1.807) is 6.92 Å². The topological polar surface area (TPSA) is 66.4 Å². The lowest BCUT2D eigenvalue weighted by Gasteiger charge is -2.25. The Kier molecular flexibility index (Phi) is 4.90. The van der Waals surface area contributed by atoms with Crippen molar-refractivity contribution in [1.29, 1.82) is 0 Å². The minimum Gasteiger partial charge on any atom is -0.480 e. The number of carbonyl (C=O) groups is 2. The molecule has 0 fully saturated rings. The Morgan fingerprint density at radius 1 is 1.44 bits per heavy atom. The number of carbonyl (C=O) groups excluding carboxylic acids is 1. The Balaban J connectivity index is 2.89. The van der Waals surface area contributed by atoms with E-state index in [-0.39, 0.29) is 5.91 Å². The summed E-state index contributed by atoms with van der Waals surface area (Å²) in [5.74, 6) is -1.28. The molecule has 0 aliphatic carbocycles. The Labute approximate surface area is 111 Å². The van der Waals surface area contributed by atoms with Crippen molar-refractivity contribution in [2.45, 2.75) is 45.6 Å². The van der Waals surface area contributed by atoms with Crippen LogP contribution in [0.1, 0.15) is 48.8 Å². The molecule has 1 aromatic rings. The third-order valence-electron chi connectivity index (χ3n) is 2.95. The Bertz CT molecular complexity index is 441. The molecule has 1 heterocycles. The molecule has 1 unspecified atom stereocenters. The molecule has 1 aromatic heterocycles. The summed E-state index contributed by atoms with van der Waals surface area (Å²) in [6, 6.07) is 1.90. The van der Waals surface area contributed by atoms with Gasteiger partial charge in [0, 0.05) is 0 Å². The van der Waals surface area contributed by atoms with Crippen LogP contribution in [-0.4, -0.2) is 22.5 Å². The molecule has 1 atom stereocenters. The van der Waals surface area contributed by atoms with E-state index >= 15 is 0 Å². The lowest BCUT2D eigenvalue weighted by Crippen LogP contribution is -2.52. The van der Waals surface area contributed by atoms with Crippen molar-refractivity contribution in [1.82, 2.24) is 5.32 Å². The summed E-state index contributed by atoms with van der Waals surface area (Å²) >= 11 is 1.35. The zero-order valence-corrected chi connectivity index (χ0v) is 11.8. The highest BCUT2D eigenvalue weighted by molar-refractivity contribution is 7.12. The Hall–Kier alpha value is -1.36. The molecule has 1 rings (SSSR count). The fraction of sp³-hybridized carbons (Fsp3) is 0.538. The molecule has 18 heavy (non-hydrogen) atoms. The van der Waals surface area contributed by atoms with E-state index in [0.29, 0.717) is 17.7 Å². The average molecular weight is 269 g/mol. The van der Waals surface area contributed by atoms with Crippen molar-refractivity contribution in [2.75, 3.05) is 0 Å². The lowest BCUT2D eigenvalue weighted by molar-refractivity contribution is -0.144. The number of carboxylic acid groups (broad SMARTS) is 1. The first-order chi connectivity index (χ1) is 8.44. The molecule has 0 aliphatic heterocycles. The van der Waals surface area contributed by atoms with Crippen LogP contribution in [-0.2, 0) is 11.2 Å². The fourth-order valence-corrected chi connectivity index (χ4v) is 2.73. The molecule has 0 saturated heterocycles. The van der Waals surface area contributed by atoms with Gasteiger partial charge in [0.05, 0.1) is 4.88 Å². The normalized spacial score (nSPS) is 13.9. The van der Waals surface area contributed by atoms with E-state index < -0.39 is 11.5 Å². The molecule has 0 saturated carbocycles. The van der Waals surface area contributed by atoms with Crippen LogP contribution in [0.5, 0.6) is 0 Å². The first-order valence-electron chi connectivity index (χ1n) is 6.07. The van der Waals surface area contributed by atoms with Crippen molar-refractivity contribution in [3.63, 3.8) is 0 Å². The number of hydrogen-bond acceptors (Lipinski definition) is 3. The van der Waals surface area contributed by atoms with Gasteiger partial charge in [-0.15, -0.1) is 11.3 Å². The summed E-state index contributed by atoms with van der Waals surface area (Å²) in [5.41, 5.74) is -0.234. The monoisotopic (exact) mass is 269 g/mol. The molecule has 0 bridgehead atoms. The van der Waals surface area contributed by atoms with Crippen LogP contribution in [0.2, 0.25) is 0 Å². The molecular formula is C13H19NO3S. The number of hydrogen-bond donors (Lipinski definition) is 2. The van der Waals surface area contributed by atoms with Gasteiger partial charge in [0.25, 0.3) is 5.91 Å². The highest BCUT2D eigenvalue weighted by atomic mass is 32.1. The van der Waals surface area contributed by atoms with Gasteiger partial charge in [-0.3, -0.25) is 4.79 Å². The van der Waals surface area contributed by atoms with E-state index in [2.05, 4.69) is 5.32 Å². The number of carboxylic acids is 1. The lowest BCUT2D eigenvalue weighted by atomic mass is 9.96. The van der Waals surface area contributed by atoms with Gasteiger partial charge in [-0.1, -0.05) is 20.3 Å². The number of rotatable bonds is 6. The predicted molar refractivity (Wildman–Crippen MR) is 72.1 cm³/mol. The van der Waals surface area contributed by atoms with Crippen LogP contribution in [0.4, 0.5) is 0 Å². The van der Waals surface area contributed by atoms with Crippen LogP contribution < -0.4 is 5.32 Å². The molecular weight excluding hydrogens is 250 g/mol. The van der Waals surface area contributed by atoms with Gasteiger partial charge in [0.1, 0.15) is 5.54 Å². The van der Waals surface area contributed by atoms with Crippen LogP contribution in [0.3, 0.4) is 0 Å². The Morgan fingerprint density at radius 2 is 2.11 bits per heavy atom. The van der Waals surface area contributed by atoms with E-state index in [1.807, 2.05) is 25.3 Å². The van der Waals surface area contributed by atoms with Crippen molar-refractivity contribution in [3.8, 4) is 0 Å². The molecule has 0 aromatic carbocycles. The number of amides is 1. The molecule has 1 amide bonds. The average Bonchev–Trinajstić information content (AvgIpc) is 2.76. The molecule has 0 aliphatic rings. The maximum Gasteiger partial charge on any atom is 0.329 e. The van der Waals surface area contributed by atoms with E-state index in [1.165, 1.54) is 11.3 Å². The summed E-state index contributed by atoms with van der Waals surface area (Å²) in [6.07, 6.45) is 1.89. The summed E-state index contributed by atoms with van der Waals surface area (Å²) in [5, 5.41) is 13.7. The molecule has 0 spiro atoms. The zero-order valence-electron chi connectivity index (χ0n) is 10.9. The SMILES string of the molecule is CCCC(C)(NC(=O)c1sccc1CC)C(=O)O. The maximum absolute atomic E-state index is 12.1. The van der Waals surface area contributed by atoms with Gasteiger partial charge < -0.3 is 10.4 Å². The standard InChI is InChI=1S/C13H19NO3S/c1-4-7-13(3,12(16)17)14-11(15)10-9(5-2)6-8-18-10/h6,8H,4-5,7H2,1-3H3,(H,14,15)(H,16,17). The quantitative estimate of drug-likeness (QED) is 0.834. The van der Waals surface area contributed by atoms with Gasteiger partial charge in [-0.05, 0) is 36.8 Å². The van der Waals surface area contributed by atoms with E-state index in [0.717, 1.165) is 12.0 Å². The first kappa shape index (κ1) is 14.7. The number of aryl methyl sites for hydroxylation is 1. The summed E-state index contributed by atoms with van der Waals surface area (Å²) < 4.78 is 0. The third kappa shape index (κ3) is 3.10. The largest absolute Gasteiger partial charge is 0.480 e. The number of thiophene rings is 1. The third-order valence-corrected chi connectivity index (χ3v) is 3.90. The van der Waals surface area contributed by atoms with E-state index in [4.69, 9.17) is 0 Å². The highest BCUT2D eigenvalue weighted by Crippen LogP contribution is 2.20. The van der Waals surface area contributed by atoms with Gasteiger partial charge in [0.15, 0.2) is 0 Å². The molecule has 2 N–H and O–H groups in total. The predicted octanol–water partition coefficient (Wildman–Crippen LogP) is 2.68. The number of aliphatic carboxylic acids is 1. The second kappa shape index (κ2) is 6.00. The summed E-state index contributed by atoms with van der Waals surface area (Å²) in [4.78, 5) is 24.0. The second-order valence-corrected chi connectivity index (χ2v) is 5.39. The van der Waals surface area contributed by atoms with Crippen LogP contribution in [0.15, 0.2) is 11.4 Å². The second-order valence-electron chi connectivity index (χ2n) is 4.47. The summed E-state index contributed by atoms with van der Waals surface area (Å²) in [6.45, 7) is 5.42. The van der Waals surface area contributed by atoms with Crippen molar-refractivity contribution in [3.05, 3.63) is 21.9 Å². The minimum atomic E-state index is -1.19. The van der Waals surface area contributed by atoms with E-state index in [9.17, 15) is 14.7 Å². The summed E-state index contributed by atoms with van der Waals surface area (Å²) in [7, 11) is 0. The molecule has 5 heteroatoms. The Morgan fingerprint density at radius 3 is 2.61 bits per heavy atom. The van der Waals surface area contributed by atoms with Gasteiger partial charge in [0.2, 0.25) is 0 Å².